The molecule has 0 aromatic heterocycles. The molecule has 3 heteroatoms. The number of benzene rings is 1. The molecule has 1 heterocycles. The van der Waals surface area contributed by atoms with E-state index in [1.54, 1.807) is 0 Å². The van der Waals surface area contributed by atoms with Crippen LogP contribution in [0.25, 0.3) is 0 Å². The van der Waals surface area contributed by atoms with E-state index in [-0.39, 0.29) is 0 Å². The quantitative estimate of drug-likeness (QED) is 0.728. The van der Waals surface area contributed by atoms with Gasteiger partial charge in [-0.05, 0) is 12.5 Å². The topological polar surface area (TPSA) is 3.24 Å². The summed E-state index contributed by atoms with van der Waals surface area (Å²) >= 11 is 7.29. The van der Waals surface area contributed by atoms with Gasteiger partial charge in [0.15, 0.2) is 0 Å². The van der Waals surface area contributed by atoms with Crippen molar-refractivity contribution in [3.8, 4) is 0 Å². The number of thioether (sulfide) groups is 1. The Morgan fingerprint density at radius 3 is 2.73 bits per heavy atom. The predicted molar refractivity (Wildman–Crippen MR) is 71.5 cm³/mol. The van der Waals surface area contributed by atoms with Crippen LogP contribution in [0.1, 0.15) is 11.1 Å². The molecule has 1 aromatic carbocycles. The SMILES string of the molecule is Cc1ccc(CN2CCSCC2=S)cc1. The highest BCUT2D eigenvalue weighted by molar-refractivity contribution is 8.01. The molecule has 1 saturated heterocycles. The highest BCUT2D eigenvalue weighted by Crippen LogP contribution is 2.15. The van der Waals surface area contributed by atoms with Crippen LogP contribution in [-0.2, 0) is 6.54 Å². The van der Waals surface area contributed by atoms with Gasteiger partial charge in [0.25, 0.3) is 0 Å². The molecule has 1 aliphatic heterocycles. The van der Waals surface area contributed by atoms with Gasteiger partial charge < -0.3 is 4.90 Å². The summed E-state index contributed by atoms with van der Waals surface area (Å²) in [5, 5.41) is 0. The summed E-state index contributed by atoms with van der Waals surface area (Å²) in [4.78, 5) is 3.42. The maximum absolute atomic E-state index is 5.36. The number of nitrogens with zero attached hydrogens (tertiary/aromatic N) is 1. The van der Waals surface area contributed by atoms with Crippen LogP contribution >= 0.6 is 24.0 Å². The summed E-state index contributed by atoms with van der Waals surface area (Å²) in [7, 11) is 0. The zero-order valence-electron chi connectivity index (χ0n) is 8.90. The van der Waals surface area contributed by atoms with Gasteiger partial charge in [-0.3, -0.25) is 0 Å². The number of hydrogen-bond donors (Lipinski definition) is 0. The third-order valence-corrected chi connectivity index (χ3v) is 4.11. The summed E-state index contributed by atoms with van der Waals surface area (Å²) in [5.74, 6) is 2.22. The van der Waals surface area contributed by atoms with Crippen LogP contribution < -0.4 is 0 Å². The second kappa shape index (κ2) is 4.99. The van der Waals surface area contributed by atoms with E-state index in [2.05, 4.69) is 36.1 Å². The Hall–Kier alpha value is -0.540. The maximum atomic E-state index is 5.36. The summed E-state index contributed by atoms with van der Waals surface area (Å²) < 4.78 is 0. The summed E-state index contributed by atoms with van der Waals surface area (Å²) in [6, 6.07) is 8.72. The van der Waals surface area contributed by atoms with E-state index in [9.17, 15) is 0 Å². The molecule has 0 bridgehead atoms. The molecule has 0 radical (unpaired) electrons. The molecule has 0 amide bonds. The molecule has 1 aliphatic rings. The lowest BCUT2D eigenvalue weighted by atomic mass is 10.1. The largest absolute Gasteiger partial charge is 0.360 e. The van der Waals surface area contributed by atoms with Gasteiger partial charge >= 0.3 is 0 Å². The first kappa shape index (κ1) is 11.0. The Balaban J connectivity index is 2.01. The van der Waals surface area contributed by atoms with Crippen molar-refractivity contribution in [1.29, 1.82) is 0 Å². The monoisotopic (exact) mass is 237 g/mol. The van der Waals surface area contributed by atoms with Crippen LogP contribution in [0.2, 0.25) is 0 Å². The average molecular weight is 237 g/mol. The summed E-state index contributed by atoms with van der Waals surface area (Å²) in [6.45, 7) is 4.18. The van der Waals surface area contributed by atoms with Crippen molar-refractivity contribution in [3.05, 3.63) is 35.4 Å². The highest BCUT2D eigenvalue weighted by Gasteiger charge is 2.14. The molecular weight excluding hydrogens is 222 g/mol. The molecule has 0 aliphatic carbocycles. The summed E-state index contributed by atoms with van der Waals surface area (Å²) in [6.07, 6.45) is 0. The Labute approximate surface area is 101 Å². The van der Waals surface area contributed by atoms with Gasteiger partial charge in [-0.25, -0.2) is 0 Å². The zero-order chi connectivity index (χ0) is 10.7. The van der Waals surface area contributed by atoms with Crippen molar-refractivity contribution in [3.63, 3.8) is 0 Å². The van der Waals surface area contributed by atoms with E-state index in [0.717, 1.165) is 23.8 Å². The van der Waals surface area contributed by atoms with Gasteiger partial charge in [-0.15, -0.1) is 0 Å². The third kappa shape index (κ3) is 2.95. The van der Waals surface area contributed by atoms with E-state index < -0.39 is 0 Å². The Kier molecular flexibility index (Phi) is 3.65. The van der Waals surface area contributed by atoms with Crippen molar-refractivity contribution >= 4 is 29.0 Å². The second-order valence-electron chi connectivity index (χ2n) is 3.85. The van der Waals surface area contributed by atoms with Gasteiger partial charge in [-0.2, -0.15) is 11.8 Å². The molecule has 1 aromatic rings. The van der Waals surface area contributed by atoms with Gasteiger partial charge in [0.2, 0.25) is 0 Å². The number of thiocarbonyl (C=S) groups is 1. The van der Waals surface area contributed by atoms with Crippen molar-refractivity contribution in [2.75, 3.05) is 18.1 Å². The maximum Gasteiger partial charge on any atom is 0.0883 e. The Morgan fingerprint density at radius 2 is 2.07 bits per heavy atom. The zero-order valence-corrected chi connectivity index (χ0v) is 10.5. The molecular formula is C12H15NS2. The molecule has 80 valence electrons. The molecule has 2 rings (SSSR count). The van der Waals surface area contributed by atoms with Crippen LogP contribution in [0.4, 0.5) is 0 Å². The van der Waals surface area contributed by atoms with Crippen molar-refractivity contribution in [1.82, 2.24) is 4.90 Å². The molecule has 0 spiro atoms. The number of hydrogen-bond acceptors (Lipinski definition) is 2. The first-order chi connectivity index (χ1) is 7.25. The van der Waals surface area contributed by atoms with Crippen molar-refractivity contribution in [2.45, 2.75) is 13.5 Å². The lowest BCUT2D eigenvalue weighted by molar-refractivity contribution is 0.441. The van der Waals surface area contributed by atoms with E-state index >= 15 is 0 Å². The highest BCUT2D eigenvalue weighted by atomic mass is 32.2. The van der Waals surface area contributed by atoms with Crippen LogP contribution in [0.5, 0.6) is 0 Å². The fraction of sp³-hybridized carbons (Fsp3) is 0.417. The fourth-order valence-electron chi connectivity index (χ4n) is 1.63. The minimum absolute atomic E-state index is 0.972. The molecule has 15 heavy (non-hydrogen) atoms. The van der Waals surface area contributed by atoms with Gasteiger partial charge in [0.1, 0.15) is 0 Å². The van der Waals surface area contributed by atoms with Crippen molar-refractivity contribution in [2.24, 2.45) is 0 Å². The van der Waals surface area contributed by atoms with E-state index in [0.29, 0.717) is 0 Å². The van der Waals surface area contributed by atoms with Crippen LogP contribution in [0.15, 0.2) is 24.3 Å². The van der Waals surface area contributed by atoms with E-state index in [1.807, 2.05) is 11.8 Å². The fourth-order valence-corrected chi connectivity index (χ4v) is 2.89. The average Bonchev–Trinajstić information content (AvgIpc) is 2.25. The van der Waals surface area contributed by atoms with Crippen molar-refractivity contribution < 1.29 is 0 Å². The Bertz CT molecular complexity index is 345. The lowest BCUT2D eigenvalue weighted by Gasteiger charge is -2.29. The second-order valence-corrected chi connectivity index (χ2v) is 5.43. The molecule has 0 N–H and O–H groups in total. The number of aryl methyl sites for hydroxylation is 1. The minimum Gasteiger partial charge on any atom is -0.360 e. The van der Waals surface area contributed by atoms with Crippen LogP contribution in [0, 0.1) is 6.92 Å². The minimum atomic E-state index is 0.972. The smallest absolute Gasteiger partial charge is 0.0883 e. The molecule has 0 atom stereocenters. The third-order valence-electron chi connectivity index (χ3n) is 2.58. The summed E-state index contributed by atoms with van der Waals surface area (Å²) in [5.41, 5.74) is 2.67. The lowest BCUT2D eigenvalue weighted by Crippen LogP contribution is -2.36. The molecule has 1 fully saturated rings. The molecule has 0 unspecified atom stereocenters. The standard InChI is InChI=1S/C12H15NS2/c1-10-2-4-11(5-3-10)8-13-6-7-15-9-12(13)14/h2-5H,6-9H2,1H3. The van der Waals surface area contributed by atoms with E-state index in [1.165, 1.54) is 16.9 Å². The molecule has 1 nitrogen and oxygen atoms in total. The van der Waals surface area contributed by atoms with Gasteiger partial charge in [0, 0.05) is 24.6 Å². The first-order valence-corrected chi connectivity index (χ1v) is 6.73. The number of rotatable bonds is 2. The van der Waals surface area contributed by atoms with E-state index in [4.69, 9.17) is 12.2 Å². The molecule has 0 saturated carbocycles. The van der Waals surface area contributed by atoms with Crippen LogP contribution in [0.3, 0.4) is 0 Å². The first-order valence-electron chi connectivity index (χ1n) is 5.17. The predicted octanol–water partition coefficient (Wildman–Crippen LogP) is 2.87. The van der Waals surface area contributed by atoms with Gasteiger partial charge in [-0.1, -0.05) is 42.0 Å². The van der Waals surface area contributed by atoms with Gasteiger partial charge in [0.05, 0.1) is 4.99 Å². The van der Waals surface area contributed by atoms with Crippen LogP contribution in [-0.4, -0.2) is 27.9 Å². The normalized spacial score (nSPS) is 16.9. The Morgan fingerprint density at radius 1 is 1.33 bits per heavy atom.